The quantitative estimate of drug-likeness (QED) is 0.468. The van der Waals surface area contributed by atoms with Crippen molar-refractivity contribution in [3.8, 4) is 0 Å². The van der Waals surface area contributed by atoms with Crippen LogP contribution in [0.2, 0.25) is 0 Å². The van der Waals surface area contributed by atoms with E-state index in [0.29, 0.717) is 11.8 Å². The maximum Gasteiger partial charge on any atom is 0.0316 e. The molecule has 0 aliphatic carbocycles. The number of hydrogen-bond acceptors (Lipinski definition) is 3. The van der Waals surface area contributed by atoms with Gasteiger partial charge in [0.05, 0.1) is 0 Å². The Hall–Kier alpha value is -0.700. The Morgan fingerprint density at radius 2 is 1.93 bits per heavy atom. The van der Waals surface area contributed by atoms with Crippen LogP contribution in [0.1, 0.15) is 41.0 Å². The summed E-state index contributed by atoms with van der Waals surface area (Å²) in [5, 5.41) is 0. The average Bonchev–Trinajstić information content (AvgIpc) is 2.15. The molecule has 84 valence electrons. The fourth-order valence-corrected chi connectivity index (χ4v) is 1.60. The smallest absolute Gasteiger partial charge is 0.0316 e. The van der Waals surface area contributed by atoms with E-state index >= 15 is 0 Å². The van der Waals surface area contributed by atoms with Gasteiger partial charge in [0.25, 0.3) is 0 Å². The third-order valence-corrected chi connectivity index (χ3v) is 3.62. The van der Waals surface area contributed by atoms with Gasteiger partial charge in [-0.1, -0.05) is 41.0 Å². The lowest BCUT2D eigenvalue weighted by Gasteiger charge is -2.36. The lowest BCUT2D eigenvalue weighted by molar-refractivity contribution is 0.199. The molecule has 2 atom stereocenters. The lowest BCUT2D eigenvalue weighted by atomic mass is 9.71. The van der Waals surface area contributed by atoms with Crippen molar-refractivity contribution in [3.05, 3.63) is 11.9 Å². The first kappa shape index (κ1) is 13.3. The Kier molecular flexibility index (Phi) is 4.99. The van der Waals surface area contributed by atoms with Gasteiger partial charge >= 0.3 is 0 Å². The predicted octanol–water partition coefficient (Wildman–Crippen LogP) is 1.96. The van der Waals surface area contributed by atoms with Crippen molar-refractivity contribution in [1.29, 1.82) is 0 Å². The largest absolute Gasteiger partial charge is 0.400 e. The fraction of sp³-hybridized carbons (Fsp3) is 0.818. The van der Waals surface area contributed by atoms with E-state index in [1.54, 1.807) is 6.20 Å². The highest BCUT2D eigenvalue weighted by molar-refractivity contribution is 5.08. The van der Waals surface area contributed by atoms with Crippen molar-refractivity contribution >= 4 is 0 Å². The minimum atomic E-state index is -0.0121. The molecule has 0 spiro atoms. The Morgan fingerprint density at radius 3 is 2.29 bits per heavy atom. The predicted molar refractivity (Wildman–Crippen MR) is 62.0 cm³/mol. The Balaban J connectivity index is 4.67. The summed E-state index contributed by atoms with van der Waals surface area (Å²) in [6.45, 7) is 11.0. The van der Waals surface area contributed by atoms with Crippen LogP contribution in [0.5, 0.6) is 0 Å². The van der Waals surface area contributed by atoms with Crippen LogP contribution in [0.4, 0.5) is 0 Å². The average molecular weight is 199 g/mol. The van der Waals surface area contributed by atoms with Crippen LogP contribution < -0.4 is 17.0 Å². The van der Waals surface area contributed by atoms with Crippen molar-refractivity contribution < 1.29 is 0 Å². The van der Waals surface area contributed by atoms with E-state index in [0.717, 1.165) is 5.70 Å². The van der Waals surface area contributed by atoms with Gasteiger partial charge in [-0.2, -0.15) is 0 Å². The summed E-state index contributed by atoms with van der Waals surface area (Å²) < 4.78 is 0. The second kappa shape index (κ2) is 5.25. The first-order valence-electron chi connectivity index (χ1n) is 5.30. The highest BCUT2D eigenvalue weighted by atomic mass is 15.2. The molecule has 0 saturated heterocycles. The standard InChI is InChI=1S/C11H25N3/c1-6-8(2)9(3)11(4,5)10(12)7-14-13/h7-9,14H,6,12-13H2,1-5H3/b10-7-. The number of nitrogens with one attached hydrogen (secondary N) is 1. The van der Waals surface area contributed by atoms with Gasteiger partial charge in [-0.05, 0) is 11.8 Å². The zero-order chi connectivity index (χ0) is 11.4. The van der Waals surface area contributed by atoms with Crippen LogP contribution in [0.25, 0.3) is 0 Å². The fourth-order valence-electron chi connectivity index (χ4n) is 1.60. The molecule has 0 heterocycles. The summed E-state index contributed by atoms with van der Waals surface area (Å²) in [7, 11) is 0. The molecule has 3 heteroatoms. The molecular weight excluding hydrogens is 174 g/mol. The highest BCUT2D eigenvalue weighted by Crippen LogP contribution is 2.37. The zero-order valence-corrected chi connectivity index (χ0v) is 10.1. The van der Waals surface area contributed by atoms with E-state index in [9.17, 15) is 0 Å². The molecule has 0 aliphatic rings. The van der Waals surface area contributed by atoms with Gasteiger partial charge in [0, 0.05) is 17.3 Å². The van der Waals surface area contributed by atoms with E-state index in [-0.39, 0.29) is 5.41 Å². The third kappa shape index (κ3) is 2.91. The number of rotatable bonds is 5. The second-order valence-corrected chi connectivity index (χ2v) is 4.66. The molecule has 0 amide bonds. The molecule has 5 N–H and O–H groups in total. The maximum atomic E-state index is 5.97. The van der Waals surface area contributed by atoms with E-state index in [4.69, 9.17) is 11.6 Å². The van der Waals surface area contributed by atoms with E-state index in [2.05, 4.69) is 40.0 Å². The number of hydrazine groups is 1. The van der Waals surface area contributed by atoms with Crippen molar-refractivity contribution in [3.63, 3.8) is 0 Å². The van der Waals surface area contributed by atoms with Crippen molar-refractivity contribution in [2.45, 2.75) is 41.0 Å². The van der Waals surface area contributed by atoms with E-state index in [1.807, 2.05) is 0 Å². The number of hydrogen-bond donors (Lipinski definition) is 3. The molecular formula is C11H25N3. The molecule has 0 radical (unpaired) electrons. The molecule has 0 fully saturated rings. The first-order chi connectivity index (χ1) is 6.37. The monoisotopic (exact) mass is 199 g/mol. The molecule has 2 unspecified atom stereocenters. The summed E-state index contributed by atoms with van der Waals surface area (Å²) in [5.41, 5.74) is 9.27. The van der Waals surface area contributed by atoms with Gasteiger partial charge in [-0.15, -0.1) is 0 Å². The minimum absolute atomic E-state index is 0.0121. The van der Waals surface area contributed by atoms with Gasteiger partial charge in [-0.25, -0.2) is 0 Å². The molecule has 0 bridgehead atoms. The lowest BCUT2D eigenvalue weighted by Crippen LogP contribution is -2.34. The summed E-state index contributed by atoms with van der Waals surface area (Å²) >= 11 is 0. The molecule has 0 rings (SSSR count). The molecule has 0 aromatic carbocycles. The summed E-state index contributed by atoms with van der Waals surface area (Å²) in [6, 6.07) is 0. The van der Waals surface area contributed by atoms with E-state index in [1.165, 1.54) is 6.42 Å². The summed E-state index contributed by atoms with van der Waals surface area (Å²) in [6.07, 6.45) is 2.85. The Morgan fingerprint density at radius 1 is 1.43 bits per heavy atom. The van der Waals surface area contributed by atoms with Crippen LogP contribution in [0.15, 0.2) is 11.9 Å². The molecule has 0 saturated carbocycles. The van der Waals surface area contributed by atoms with Gasteiger partial charge < -0.3 is 11.2 Å². The summed E-state index contributed by atoms with van der Waals surface area (Å²) in [4.78, 5) is 0. The zero-order valence-electron chi connectivity index (χ0n) is 10.1. The highest BCUT2D eigenvalue weighted by Gasteiger charge is 2.31. The van der Waals surface area contributed by atoms with Crippen LogP contribution in [-0.4, -0.2) is 0 Å². The van der Waals surface area contributed by atoms with Crippen molar-refractivity contribution in [1.82, 2.24) is 5.43 Å². The maximum absolute atomic E-state index is 5.97. The molecule has 0 aromatic rings. The minimum Gasteiger partial charge on any atom is -0.400 e. The molecule has 0 aliphatic heterocycles. The normalized spacial score (nSPS) is 17.7. The van der Waals surface area contributed by atoms with Crippen molar-refractivity contribution in [2.75, 3.05) is 0 Å². The van der Waals surface area contributed by atoms with Gasteiger partial charge in [-0.3, -0.25) is 5.84 Å². The number of nitrogens with two attached hydrogens (primary N) is 2. The van der Waals surface area contributed by atoms with E-state index < -0.39 is 0 Å². The topological polar surface area (TPSA) is 64.1 Å². The van der Waals surface area contributed by atoms with Crippen LogP contribution in [-0.2, 0) is 0 Å². The van der Waals surface area contributed by atoms with Gasteiger partial charge in [0.1, 0.15) is 0 Å². The molecule has 0 aromatic heterocycles. The molecule has 3 nitrogen and oxygen atoms in total. The Labute approximate surface area is 87.9 Å². The summed E-state index contributed by atoms with van der Waals surface area (Å²) in [5.74, 6) is 6.43. The van der Waals surface area contributed by atoms with Crippen molar-refractivity contribution in [2.24, 2.45) is 28.8 Å². The van der Waals surface area contributed by atoms with Crippen LogP contribution in [0.3, 0.4) is 0 Å². The molecule has 14 heavy (non-hydrogen) atoms. The number of allylic oxidation sites excluding steroid dienone is 1. The second-order valence-electron chi connectivity index (χ2n) is 4.66. The van der Waals surface area contributed by atoms with Crippen LogP contribution >= 0.6 is 0 Å². The van der Waals surface area contributed by atoms with Gasteiger partial charge in [0.15, 0.2) is 0 Å². The van der Waals surface area contributed by atoms with Crippen LogP contribution in [0, 0.1) is 17.3 Å². The third-order valence-electron chi connectivity index (χ3n) is 3.62. The van der Waals surface area contributed by atoms with Gasteiger partial charge in [0.2, 0.25) is 0 Å². The SMILES string of the molecule is CCC(C)C(C)C(C)(C)/C(N)=C/NN. The Bertz CT molecular complexity index is 197. The first-order valence-corrected chi connectivity index (χ1v) is 5.30.